The highest BCUT2D eigenvalue weighted by atomic mass is 35.5. The molecule has 0 atom stereocenters. The number of anilines is 2. The first-order valence-electron chi connectivity index (χ1n) is 5.83. The topological polar surface area (TPSA) is 78.4 Å². The largest absolute Gasteiger partial charge is 0.478 e. The average Bonchev–Trinajstić information content (AvgIpc) is 2.44. The Labute approximate surface area is 124 Å². The number of aromatic carboxylic acids is 1. The maximum Gasteiger partial charge on any atom is 0.337 e. The fraction of sp³-hybridized carbons (Fsp3) is 0. The van der Waals surface area contributed by atoms with E-state index in [0.29, 0.717) is 0 Å². The van der Waals surface area contributed by atoms with Gasteiger partial charge in [-0.3, -0.25) is 0 Å². The standard InChI is InChI=1S/C14H10ClFN2O3/c15-9-5-3-7-11(12(9)16)18-14(21)17-10-6-2-1-4-8(10)13(19)20/h1-7H,(H,19,20)(H2,17,18,21). The third kappa shape index (κ3) is 3.49. The number of carbonyl (C=O) groups is 2. The van der Waals surface area contributed by atoms with E-state index in [9.17, 15) is 14.0 Å². The fourth-order valence-electron chi connectivity index (χ4n) is 1.65. The van der Waals surface area contributed by atoms with E-state index in [-0.39, 0.29) is 22.0 Å². The fourth-order valence-corrected chi connectivity index (χ4v) is 1.83. The summed E-state index contributed by atoms with van der Waals surface area (Å²) in [5.41, 5.74) is -0.0723. The molecule has 108 valence electrons. The molecule has 0 saturated heterocycles. The lowest BCUT2D eigenvalue weighted by Gasteiger charge is -2.10. The van der Waals surface area contributed by atoms with Crippen LogP contribution in [-0.4, -0.2) is 17.1 Å². The van der Waals surface area contributed by atoms with Crippen molar-refractivity contribution in [1.29, 1.82) is 0 Å². The number of benzene rings is 2. The number of halogens is 2. The quantitative estimate of drug-likeness (QED) is 0.806. The molecular formula is C14H10ClFN2O3. The summed E-state index contributed by atoms with van der Waals surface area (Å²) in [6, 6.07) is 9.26. The molecule has 7 heteroatoms. The predicted octanol–water partition coefficient (Wildman–Crippen LogP) is 3.82. The van der Waals surface area contributed by atoms with Crippen LogP contribution < -0.4 is 10.6 Å². The minimum Gasteiger partial charge on any atom is -0.478 e. The van der Waals surface area contributed by atoms with Crippen LogP contribution in [0.2, 0.25) is 5.02 Å². The van der Waals surface area contributed by atoms with Crippen LogP contribution in [0.15, 0.2) is 42.5 Å². The summed E-state index contributed by atoms with van der Waals surface area (Å²) in [5, 5.41) is 13.5. The van der Waals surface area contributed by atoms with Crippen LogP contribution in [0.1, 0.15) is 10.4 Å². The lowest BCUT2D eigenvalue weighted by Crippen LogP contribution is -2.21. The highest BCUT2D eigenvalue weighted by Gasteiger charge is 2.13. The van der Waals surface area contributed by atoms with Crippen LogP contribution in [-0.2, 0) is 0 Å². The van der Waals surface area contributed by atoms with E-state index in [4.69, 9.17) is 16.7 Å². The van der Waals surface area contributed by atoms with Gasteiger partial charge < -0.3 is 15.7 Å². The van der Waals surface area contributed by atoms with Gasteiger partial charge in [0, 0.05) is 0 Å². The summed E-state index contributed by atoms with van der Waals surface area (Å²) in [5.74, 6) is -1.94. The zero-order chi connectivity index (χ0) is 15.4. The summed E-state index contributed by atoms with van der Waals surface area (Å²) in [4.78, 5) is 22.8. The van der Waals surface area contributed by atoms with Gasteiger partial charge in [0.1, 0.15) is 0 Å². The molecule has 0 fully saturated rings. The number of hydrogen-bond acceptors (Lipinski definition) is 2. The van der Waals surface area contributed by atoms with Crippen LogP contribution in [0, 0.1) is 5.82 Å². The number of para-hydroxylation sites is 1. The second-order valence-corrected chi connectivity index (χ2v) is 4.44. The van der Waals surface area contributed by atoms with E-state index in [1.807, 2.05) is 0 Å². The average molecular weight is 309 g/mol. The van der Waals surface area contributed by atoms with Crippen molar-refractivity contribution in [1.82, 2.24) is 0 Å². The molecule has 0 aromatic heterocycles. The van der Waals surface area contributed by atoms with Crippen molar-refractivity contribution < 1.29 is 19.1 Å². The van der Waals surface area contributed by atoms with Crippen molar-refractivity contribution in [3.63, 3.8) is 0 Å². The molecule has 21 heavy (non-hydrogen) atoms. The number of nitrogens with one attached hydrogen (secondary N) is 2. The Morgan fingerprint density at radius 1 is 1.00 bits per heavy atom. The number of carboxylic acid groups (broad SMARTS) is 1. The molecule has 3 N–H and O–H groups in total. The Kier molecular flexibility index (Phi) is 4.39. The molecule has 0 aliphatic carbocycles. The lowest BCUT2D eigenvalue weighted by atomic mass is 10.2. The van der Waals surface area contributed by atoms with Gasteiger partial charge in [0.05, 0.1) is 22.0 Å². The van der Waals surface area contributed by atoms with Crippen LogP contribution >= 0.6 is 11.6 Å². The number of rotatable bonds is 3. The normalized spacial score (nSPS) is 10.0. The van der Waals surface area contributed by atoms with Crippen molar-refractivity contribution >= 4 is 35.0 Å². The molecule has 2 aromatic carbocycles. The first kappa shape index (κ1) is 14.8. The number of carboxylic acids is 1. The number of amides is 2. The molecule has 0 aliphatic heterocycles. The van der Waals surface area contributed by atoms with Gasteiger partial charge in [-0.25, -0.2) is 14.0 Å². The predicted molar refractivity (Wildman–Crippen MR) is 77.5 cm³/mol. The van der Waals surface area contributed by atoms with Crippen molar-refractivity contribution in [2.45, 2.75) is 0 Å². The molecule has 0 spiro atoms. The highest BCUT2D eigenvalue weighted by molar-refractivity contribution is 6.31. The zero-order valence-corrected chi connectivity index (χ0v) is 11.3. The monoisotopic (exact) mass is 308 g/mol. The second-order valence-electron chi connectivity index (χ2n) is 4.03. The summed E-state index contributed by atoms with van der Waals surface area (Å²) in [6.07, 6.45) is 0. The Balaban J connectivity index is 2.16. The molecule has 2 rings (SSSR count). The molecule has 0 bridgehead atoms. The van der Waals surface area contributed by atoms with Crippen LogP contribution in [0.4, 0.5) is 20.6 Å². The summed E-state index contributed by atoms with van der Waals surface area (Å²) < 4.78 is 13.6. The molecule has 2 amide bonds. The van der Waals surface area contributed by atoms with E-state index in [1.165, 1.54) is 36.4 Å². The maximum absolute atomic E-state index is 13.6. The van der Waals surface area contributed by atoms with Gasteiger partial charge in [-0.15, -0.1) is 0 Å². The summed E-state index contributed by atoms with van der Waals surface area (Å²) >= 11 is 5.60. The van der Waals surface area contributed by atoms with Gasteiger partial charge >= 0.3 is 12.0 Å². The molecule has 0 heterocycles. The van der Waals surface area contributed by atoms with Gasteiger partial charge in [-0.05, 0) is 24.3 Å². The van der Waals surface area contributed by atoms with E-state index in [0.717, 1.165) is 0 Å². The Bertz CT molecular complexity index is 706. The molecule has 0 unspecified atom stereocenters. The lowest BCUT2D eigenvalue weighted by molar-refractivity contribution is 0.0698. The van der Waals surface area contributed by atoms with E-state index in [2.05, 4.69) is 10.6 Å². The van der Waals surface area contributed by atoms with Gasteiger partial charge in [0.25, 0.3) is 0 Å². The van der Waals surface area contributed by atoms with Crippen LogP contribution in [0.3, 0.4) is 0 Å². The molecule has 0 radical (unpaired) electrons. The molecule has 5 nitrogen and oxygen atoms in total. The first-order valence-corrected chi connectivity index (χ1v) is 6.21. The number of carbonyl (C=O) groups excluding carboxylic acids is 1. The zero-order valence-electron chi connectivity index (χ0n) is 10.6. The second kappa shape index (κ2) is 6.23. The molecule has 0 aliphatic rings. The van der Waals surface area contributed by atoms with Crippen molar-refractivity contribution in [2.75, 3.05) is 10.6 Å². The Hall–Kier alpha value is -2.60. The minimum atomic E-state index is -1.18. The van der Waals surface area contributed by atoms with Crippen molar-refractivity contribution in [3.8, 4) is 0 Å². The Morgan fingerprint density at radius 3 is 2.33 bits per heavy atom. The third-order valence-electron chi connectivity index (χ3n) is 2.61. The van der Waals surface area contributed by atoms with E-state index >= 15 is 0 Å². The number of urea groups is 1. The molecule has 0 saturated carbocycles. The number of hydrogen-bond donors (Lipinski definition) is 3. The SMILES string of the molecule is O=C(Nc1ccccc1C(=O)O)Nc1cccc(Cl)c1F. The third-order valence-corrected chi connectivity index (χ3v) is 2.90. The van der Waals surface area contributed by atoms with Gasteiger partial charge in [0.15, 0.2) is 5.82 Å². The van der Waals surface area contributed by atoms with Crippen molar-refractivity contribution in [2.24, 2.45) is 0 Å². The van der Waals surface area contributed by atoms with E-state index in [1.54, 1.807) is 6.07 Å². The van der Waals surface area contributed by atoms with Gasteiger partial charge in [-0.2, -0.15) is 0 Å². The summed E-state index contributed by atoms with van der Waals surface area (Å²) in [6.45, 7) is 0. The molecule has 2 aromatic rings. The summed E-state index contributed by atoms with van der Waals surface area (Å²) in [7, 11) is 0. The Morgan fingerprint density at radius 2 is 1.62 bits per heavy atom. The van der Waals surface area contributed by atoms with Crippen molar-refractivity contribution in [3.05, 3.63) is 58.9 Å². The maximum atomic E-state index is 13.6. The first-order chi connectivity index (χ1) is 9.99. The van der Waals surface area contributed by atoms with Crippen LogP contribution in [0.5, 0.6) is 0 Å². The molecular weight excluding hydrogens is 299 g/mol. The smallest absolute Gasteiger partial charge is 0.337 e. The van der Waals surface area contributed by atoms with Crippen LogP contribution in [0.25, 0.3) is 0 Å². The highest BCUT2D eigenvalue weighted by Crippen LogP contribution is 2.22. The van der Waals surface area contributed by atoms with Gasteiger partial charge in [0.2, 0.25) is 0 Å². The minimum absolute atomic E-state index is 0.0702. The van der Waals surface area contributed by atoms with Gasteiger partial charge in [-0.1, -0.05) is 29.8 Å². The van der Waals surface area contributed by atoms with E-state index < -0.39 is 17.8 Å².